The maximum absolute atomic E-state index is 12.1. The topological polar surface area (TPSA) is 23.5 Å². The number of aliphatic hydroxyl groups excluding tert-OH is 1. The summed E-state index contributed by atoms with van der Waals surface area (Å²) >= 11 is 0. The van der Waals surface area contributed by atoms with Gasteiger partial charge in [0.1, 0.15) is 6.67 Å². The summed E-state index contributed by atoms with van der Waals surface area (Å²) in [5.41, 5.74) is 0. The maximum atomic E-state index is 12.1. The molecule has 2 unspecified atom stereocenters. The zero-order valence-corrected chi connectivity index (χ0v) is 8.38. The fourth-order valence-corrected chi connectivity index (χ4v) is 2.08. The number of piperidine rings is 1. The lowest BCUT2D eigenvalue weighted by Crippen LogP contribution is -2.43. The number of likely N-dealkylation sites (tertiary alicyclic amines) is 1. The van der Waals surface area contributed by atoms with E-state index in [1.165, 1.54) is 19.3 Å². The van der Waals surface area contributed by atoms with E-state index < -0.39 is 12.8 Å². The second-order valence-corrected chi connectivity index (χ2v) is 3.86. The van der Waals surface area contributed by atoms with Gasteiger partial charge in [0.2, 0.25) is 0 Å². The Hall–Kier alpha value is -0.150. The highest BCUT2D eigenvalue weighted by Gasteiger charge is 2.22. The predicted molar refractivity (Wildman–Crippen MR) is 51.5 cm³/mol. The molecule has 0 aromatic carbocycles. The van der Waals surface area contributed by atoms with Crippen LogP contribution in [-0.4, -0.2) is 41.9 Å². The van der Waals surface area contributed by atoms with Gasteiger partial charge in [0.25, 0.3) is 0 Å². The summed E-state index contributed by atoms with van der Waals surface area (Å²) in [5, 5.41) is 9.21. The number of alkyl halides is 1. The van der Waals surface area contributed by atoms with Crippen molar-refractivity contribution in [3.8, 4) is 0 Å². The molecule has 0 aliphatic carbocycles. The maximum Gasteiger partial charge on any atom is 0.117 e. The van der Waals surface area contributed by atoms with Crippen molar-refractivity contribution in [2.24, 2.45) is 0 Å². The molecule has 0 radical (unpaired) electrons. The van der Waals surface area contributed by atoms with Gasteiger partial charge in [-0.1, -0.05) is 13.3 Å². The van der Waals surface area contributed by atoms with E-state index >= 15 is 0 Å². The van der Waals surface area contributed by atoms with Crippen LogP contribution in [0.25, 0.3) is 0 Å². The number of rotatable bonds is 4. The molecule has 0 saturated carbocycles. The molecule has 1 aliphatic heterocycles. The van der Waals surface area contributed by atoms with Gasteiger partial charge in [0, 0.05) is 12.6 Å². The van der Waals surface area contributed by atoms with Gasteiger partial charge in [-0.2, -0.15) is 0 Å². The Balaban J connectivity index is 2.35. The summed E-state index contributed by atoms with van der Waals surface area (Å²) in [4.78, 5) is 2.23. The molecule has 1 aliphatic rings. The first-order chi connectivity index (χ1) is 6.27. The first kappa shape index (κ1) is 10.9. The summed E-state index contributed by atoms with van der Waals surface area (Å²) in [5.74, 6) is 0. The van der Waals surface area contributed by atoms with Crippen molar-refractivity contribution in [3.05, 3.63) is 0 Å². The molecule has 0 amide bonds. The quantitative estimate of drug-likeness (QED) is 0.726. The highest BCUT2D eigenvalue weighted by atomic mass is 19.1. The van der Waals surface area contributed by atoms with Crippen LogP contribution in [0.4, 0.5) is 4.39 Å². The molecule has 2 nitrogen and oxygen atoms in total. The lowest BCUT2D eigenvalue weighted by Gasteiger charge is -2.35. The third-order valence-corrected chi connectivity index (χ3v) is 2.84. The van der Waals surface area contributed by atoms with Crippen LogP contribution in [0.1, 0.15) is 32.6 Å². The van der Waals surface area contributed by atoms with Crippen molar-refractivity contribution in [2.45, 2.75) is 44.8 Å². The van der Waals surface area contributed by atoms with E-state index in [1.807, 2.05) is 0 Å². The normalized spacial score (nSPS) is 27.5. The Labute approximate surface area is 79.7 Å². The third-order valence-electron chi connectivity index (χ3n) is 2.84. The summed E-state index contributed by atoms with van der Waals surface area (Å²) < 4.78 is 12.1. The van der Waals surface area contributed by atoms with Crippen LogP contribution < -0.4 is 0 Å². The van der Waals surface area contributed by atoms with Crippen molar-refractivity contribution in [3.63, 3.8) is 0 Å². The van der Waals surface area contributed by atoms with E-state index in [1.54, 1.807) is 0 Å². The molecule has 2 atom stereocenters. The van der Waals surface area contributed by atoms with Gasteiger partial charge >= 0.3 is 0 Å². The molecule has 0 spiro atoms. The fourth-order valence-electron chi connectivity index (χ4n) is 2.08. The minimum atomic E-state index is -0.785. The van der Waals surface area contributed by atoms with Crippen molar-refractivity contribution in [2.75, 3.05) is 19.8 Å². The van der Waals surface area contributed by atoms with Crippen LogP contribution in [0.3, 0.4) is 0 Å². The minimum Gasteiger partial charge on any atom is -0.389 e. The molecule has 0 bridgehead atoms. The van der Waals surface area contributed by atoms with Crippen LogP contribution in [-0.2, 0) is 0 Å². The molecule has 1 fully saturated rings. The lowest BCUT2D eigenvalue weighted by atomic mass is 10.00. The number of hydrogen-bond donors (Lipinski definition) is 1. The zero-order valence-electron chi connectivity index (χ0n) is 8.38. The average molecular weight is 189 g/mol. The van der Waals surface area contributed by atoms with Crippen molar-refractivity contribution in [1.29, 1.82) is 0 Å². The van der Waals surface area contributed by atoms with Gasteiger partial charge in [-0.15, -0.1) is 0 Å². The smallest absolute Gasteiger partial charge is 0.117 e. The standard InChI is InChI=1S/C10H20FNO/c1-2-9-5-3-4-6-12(9)8-10(13)7-11/h9-10,13H,2-8H2,1H3. The van der Waals surface area contributed by atoms with E-state index in [0.29, 0.717) is 12.6 Å². The molecule has 0 aromatic heterocycles. The fraction of sp³-hybridized carbons (Fsp3) is 1.00. The van der Waals surface area contributed by atoms with E-state index in [4.69, 9.17) is 0 Å². The number of nitrogens with zero attached hydrogens (tertiary/aromatic N) is 1. The van der Waals surface area contributed by atoms with Crippen LogP contribution >= 0.6 is 0 Å². The third kappa shape index (κ3) is 3.24. The largest absolute Gasteiger partial charge is 0.389 e. The minimum absolute atomic E-state index is 0.509. The molecular weight excluding hydrogens is 169 g/mol. The van der Waals surface area contributed by atoms with E-state index in [-0.39, 0.29) is 0 Å². The average Bonchev–Trinajstić information content (AvgIpc) is 2.18. The zero-order chi connectivity index (χ0) is 9.68. The van der Waals surface area contributed by atoms with E-state index in [0.717, 1.165) is 13.0 Å². The lowest BCUT2D eigenvalue weighted by molar-refractivity contribution is 0.0524. The highest BCUT2D eigenvalue weighted by molar-refractivity contribution is 4.77. The second kappa shape index (κ2) is 5.55. The van der Waals surface area contributed by atoms with E-state index in [2.05, 4.69) is 11.8 Å². The molecule has 1 rings (SSSR count). The van der Waals surface area contributed by atoms with E-state index in [9.17, 15) is 9.50 Å². The van der Waals surface area contributed by atoms with Crippen LogP contribution in [0.5, 0.6) is 0 Å². The summed E-state index contributed by atoms with van der Waals surface area (Å²) in [7, 11) is 0. The molecule has 0 aromatic rings. The highest BCUT2D eigenvalue weighted by Crippen LogP contribution is 2.19. The van der Waals surface area contributed by atoms with Gasteiger partial charge in [-0.05, 0) is 25.8 Å². The molecule has 1 heterocycles. The summed E-state index contributed by atoms with van der Waals surface area (Å²) in [6, 6.07) is 0.565. The summed E-state index contributed by atoms with van der Waals surface area (Å²) in [6.45, 7) is 3.07. The van der Waals surface area contributed by atoms with Crippen molar-refractivity contribution >= 4 is 0 Å². The first-order valence-corrected chi connectivity index (χ1v) is 5.26. The Morgan fingerprint density at radius 3 is 2.92 bits per heavy atom. The molecule has 3 heteroatoms. The van der Waals surface area contributed by atoms with Crippen molar-refractivity contribution in [1.82, 2.24) is 4.90 Å². The number of β-amino-alcohol motifs (C(OH)–C–C–N with tert-alkyl or cyclic N) is 1. The first-order valence-electron chi connectivity index (χ1n) is 5.26. The Kier molecular flexibility index (Phi) is 4.67. The molecule has 13 heavy (non-hydrogen) atoms. The number of hydrogen-bond acceptors (Lipinski definition) is 2. The monoisotopic (exact) mass is 189 g/mol. The Bertz CT molecular complexity index is 143. The van der Waals surface area contributed by atoms with Gasteiger partial charge in [0.15, 0.2) is 0 Å². The molecular formula is C10H20FNO. The van der Waals surface area contributed by atoms with Crippen LogP contribution in [0.2, 0.25) is 0 Å². The second-order valence-electron chi connectivity index (χ2n) is 3.86. The van der Waals surface area contributed by atoms with Gasteiger partial charge in [-0.3, -0.25) is 4.90 Å². The number of halogens is 1. The molecule has 1 N–H and O–H groups in total. The molecule has 1 saturated heterocycles. The predicted octanol–water partition coefficient (Wildman–Crippen LogP) is 1.58. The molecule has 78 valence electrons. The van der Waals surface area contributed by atoms with Gasteiger partial charge in [-0.25, -0.2) is 4.39 Å². The van der Waals surface area contributed by atoms with Crippen LogP contribution in [0, 0.1) is 0 Å². The number of aliphatic hydroxyl groups is 1. The SMILES string of the molecule is CCC1CCCCN1CC(O)CF. The Morgan fingerprint density at radius 2 is 2.31 bits per heavy atom. The van der Waals surface area contributed by atoms with Crippen molar-refractivity contribution < 1.29 is 9.50 Å². The Morgan fingerprint density at radius 1 is 1.54 bits per heavy atom. The van der Waals surface area contributed by atoms with Gasteiger partial charge < -0.3 is 5.11 Å². The van der Waals surface area contributed by atoms with Gasteiger partial charge in [0.05, 0.1) is 6.10 Å². The van der Waals surface area contributed by atoms with Crippen LogP contribution in [0.15, 0.2) is 0 Å². The summed E-state index contributed by atoms with van der Waals surface area (Å²) in [6.07, 6.45) is 4.00.